The summed E-state index contributed by atoms with van der Waals surface area (Å²) in [7, 11) is 0. The Morgan fingerprint density at radius 1 is 1.53 bits per heavy atom. The molecule has 0 spiro atoms. The van der Waals surface area contributed by atoms with Crippen LogP contribution in [0.1, 0.15) is 27.7 Å². The molecule has 0 radical (unpaired) electrons. The largest absolute Gasteiger partial charge is 0.454 e. The van der Waals surface area contributed by atoms with Crippen LogP contribution < -0.4 is 11.3 Å². The number of hydrazine groups is 1. The molecule has 0 aliphatic heterocycles. The predicted molar refractivity (Wildman–Crippen MR) is 61.2 cm³/mol. The summed E-state index contributed by atoms with van der Waals surface area (Å²) < 4.78 is 7.32. The molecule has 0 atom stereocenters. The highest BCUT2D eigenvalue weighted by atomic mass is 16.4. The van der Waals surface area contributed by atoms with Gasteiger partial charge in [0, 0.05) is 5.69 Å². The number of imidazole rings is 1. The van der Waals surface area contributed by atoms with Gasteiger partial charge in [-0.2, -0.15) is 0 Å². The molecule has 3 N–H and O–H groups in total. The van der Waals surface area contributed by atoms with E-state index in [1.54, 1.807) is 18.5 Å². The summed E-state index contributed by atoms with van der Waals surface area (Å²) >= 11 is 0. The third kappa shape index (κ3) is 2.21. The van der Waals surface area contributed by atoms with Crippen LogP contribution >= 0.6 is 0 Å². The van der Waals surface area contributed by atoms with E-state index in [1.807, 2.05) is 23.8 Å². The van der Waals surface area contributed by atoms with Gasteiger partial charge in [-0.25, -0.2) is 10.8 Å². The number of nitrogens with one attached hydrogen (secondary N) is 1. The van der Waals surface area contributed by atoms with Gasteiger partial charge < -0.3 is 8.98 Å². The van der Waals surface area contributed by atoms with Crippen LogP contribution in [0.5, 0.6) is 0 Å². The highest BCUT2D eigenvalue weighted by Crippen LogP contribution is 2.12. The minimum absolute atomic E-state index is 0.206. The molecule has 0 fully saturated rings. The van der Waals surface area contributed by atoms with Gasteiger partial charge in [-0.05, 0) is 26.0 Å². The number of aryl methyl sites for hydroxylation is 1. The zero-order chi connectivity index (χ0) is 12.4. The number of rotatable bonds is 3. The van der Waals surface area contributed by atoms with Crippen molar-refractivity contribution in [2.75, 3.05) is 0 Å². The number of nitrogens with two attached hydrogens (primary N) is 1. The molecule has 1 amide bonds. The van der Waals surface area contributed by atoms with Gasteiger partial charge in [0.25, 0.3) is 0 Å². The smallest absolute Gasteiger partial charge is 0.300 e. The van der Waals surface area contributed by atoms with Crippen molar-refractivity contribution in [3.63, 3.8) is 0 Å². The maximum Gasteiger partial charge on any atom is 0.300 e. The maximum absolute atomic E-state index is 11.2. The van der Waals surface area contributed by atoms with E-state index in [4.69, 9.17) is 10.3 Å². The van der Waals surface area contributed by atoms with Gasteiger partial charge in [0.15, 0.2) is 5.76 Å². The van der Waals surface area contributed by atoms with Crippen LogP contribution in [0.15, 0.2) is 22.9 Å². The lowest BCUT2D eigenvalue weighted by molar-refractivity contribution is 0.0924. The van der Waals surface area contributed by atoms with Crippen LogP contribution in [0, 0.1) is 13.8 Å². The van der Waals surface area contributed by atoms with E-state index in [0.717, 1.165) is 11.4 Å². The molecule has 6 heteroatoms. The molecule has 0 aromatic carbocycles. The first-order valence-corrected chi connectivity index (χ1v) is 5.20. The number of carbonyl (C=O) groups is 1. The van der Waals surface area contributed by atoms with Gasteiger partial charge in [-0.15, -0.1) is 0 Å². The van der Waals surface area contributed by atoms with Crippen LogP contribution in [-0.4, -0.2) is 15.5 Å². The van der Waals surface area contributed by atoms with Gasteiger partial charge >= 0.3 is 5.91 Å². The number of amides is 1. The molecule has 2 aromatic rings. The summed E-state index contributed by atoms with van der Waals surface area (Å²) in [4.78, 5) is 15.4. The molecule has 0 saturated heterocycles. The van der Waals surface area contributed by atoms with Crippen molar-refractivity contribution in [3.05, 3.63) is 41.4 Å². The SMILES string of the molecule is Cc1ncn(Cc2ccc(C(=O)NN)o2)c1C. The number of nitrogens with zero attached hydrogens (tertiary/aromatic N) is 2. The van der Waals surface area contributed by atoms with E-state index in [0.29, 0.717) is 12.3 Å². The molecule has 0 aliphatic rings. The Hall–Kier alpha value is -2.08. The zero-order valence-electron chi connectivity index (χ0n) is 9.73. The molecule has 2 aromatic heterocycles. The molecule has 0 aliphatic carbocycles. The molecular weight excluding hydrogens is 220 g/mol. The van der Waals surface area contributed by atoms with E-state index in [-0.39, 0.29) is 5.76 Å². The minimum Gasteiger partial charge on any atom is -0.454 e. The van der Waals surface area contributed by atoms with E-state index in [1.165, 1.54) is 0 Å². The number of hydrogen-bond donors (Lipinski definition) is 2. The molecule has 90 valence electrons. The summed E-state index contributed by atoms with van der Waals surface area (Å²) in [6, 6.07) is 3.34. The fourth-order valence-corrected chi connectivity index (χ4v) is 1.53. The van der Waals surface area contributed by atoms with Crippen molar-refractivity contribution in [1.82, 2.24) is 15.0 Å². The Morgan fingerprint density at radius 2 is 2.29 bits per heavy atom. The molecule has 2 rings (SSSR count). The number of furan rings is 1. The third-order valence-corrected chi connectivity index (χ3v) is 2.69. The summed E-state index contributed by atoms with van der Waals surface area (Å²) in [6.07, 6.45) is 1.75. The standard InChI is InChI=1S/C11H14N4O2/c1-7-8(2)15(6-13-7)5-9-3-4-10(17-9)11(16)14-12/h3-4,6H,5,12H2,1-2H3,(H,14,16). The quantitative estimate of drug-likeness (QED) is 0.466. The number of hydrogen-bond acceptors (Lipinski definition) is 4. The third-order valence-electron chi connectivity index (χ3n) is 2.69. The minimum atomic E-state index is -0.435. The van der Waals surface area contributed by atoms with E-state index < -0.39 is 5.91 Å². The second-order valence-electron chi connectivity index (χ2n) is 3.78. The van der Waals surface area contributed by atoms with Gasteiger partial charge in [0.2, 0.25) is 0 Å². The van der Waals surface area contributed by atoms with E-state index in [9.17, 15) is 4.79 Å². The van der Waals surface area contributed by atoms with Crippen molar-refractivity contribution in [2.45, 2.75) is 20.4 Å². The second kappa shape index (κ2) is 4.42. The lowest BCUT2D eigenvalue weighted by Crippen LogP contribution is -2.29. The molecule has 6 nitrogen and oxygen atoms in total. The average Bonchev–Trinajstić information content (AvgIpc) is 2.91. The number of aromatic nitrogens is 2. The molecule has 2 heterocycles. The van der Waals surface area contributed by atoms with Crippen molar-refractivity contribution >= 4 is 5.91 Å². The Labute approximate surface area is 98.4 Å². The summed E-state index contributed by atoms with van der Waals surface area (Å²) in [5.74, 6) is 5.47. The zero-order valence-corrected chi connectivity index (χ0v) is 9.73. The van der Waals surface area contributed by atoms with Gasteiger partial charge in [0.1, 0.15) is 5.76 Å². The summed E-state index contributed by atoms with van der Waals surface area (Å²) in [6.45, 7) is 4.48. The lowest BCUT2D eigenvalue weighted by atomic mass is 10.3. The topological polar surface area (TPSA) is 86.1 Å². The van der Waals surface area contributed by atoms with E-state index >= 15 is 0 Å². The van der Waals surface area contributed by atoms with Crippen LogP contribution in [0.3, 0.4) is 0 Å². The normalized spacial score (nSPS) is 10.5. The van der Waals surface area contributed by atoms with Crippen molar-refractivity contribution in [1.29, 1.82) is 0 Å². The van der Waals surface area contributed by atoms with Gasteiger partial charge in [-0.3, -0.25) is 10.2 Å². The number of nitrogen functional groups attached to an aromatic ring is 1. The summed E-state index contributed by atoms with van der Waals surface area (Å²) in [5, 5.41) is 0. The summed E-state index contributed by atoms with van der Waals surface area (Å²) in [5.41, 5.74) is 4.08. The fourth-order valence-electron chi connectivity index (χ4n) is 1.53. The van der Waals surface area contributed by atoms with Gasteiger partial charge in [0.05, 0.1) is 18.6 Å². The first-order valence-electron chi connectivity index (χ1n) is 5.20. The lowest BCUT2D eigenvalue weighted by Gasteiger charge is -2.02. The van der Waals surface area contributed by atoms with Crippen LogP contribution in [-0.2, 0) is 6.54 Å². The number of carbonyl (C=O) groups excluding carboxylic acids is 1. The van der Waals surface area contributed by atoms with Crippen molar-refractivity contribution in [3.8, 4) is 0 Å². The molecular formula is C11H14N4O2. The van der Waals surface area contributed by atoms with Crippen molar-refractivity contribution in [2.24, 2.45) is 5.84 Å². The second-order valence-corrected chi connectivity index (χ2v) is 3.78. The highest BCUT2D eigenvalue weighted by Gasteiger charge is 2.10. The van der Waals surface area contributed by atoms with Crippen LogP contribution in [0.4, 0.5) is 0 Å². The van der Waals surface area contributed by atoms with Crippen LogP contribution in [0.25, 0.3) is 0 Å². The highest BCUT2D eigenvalue weighted by molar-refractivity contribution is 5.90. The van der Waals surface area contributed by atoms with Gasteiger partial charge in [-0.1, -0.05) is 0 Å². The Morgan fingerprint density at radius 3 is 2.88 bits per heavy atom. The maximum atomic E-state index is 11.2. The Bertz CT molecular complexity index is 541. The fraction of sp³-hybridized carbons (Fsp3) is 0.273. The molecule has 17 heavy (non-hydrogen) atoms. The Balaban J connectivity index is 2.17. The van der Waals surface area contributed by atoms with Crippen molar-refractivity contribution < 1.29 is 9.21 Å². The molecule has 0 unspecified atom stereocenters. The monoisotopic (exact) mass is 234 g/mol. The van der Waals surface area contributed by atoms with E-state index in [2.05, 4.69) is 4.98 Å². The first kappa shape index (κ1) is 11.4. The predicted octanol–water partition coefficient (Wildman–Crippen LogP) is 0.745. The first-order chi connectivity index (χ1) is 8.11. The molecule has 0 saturated carbocycles. The molecule has 0 bridgehead atoms. The Kier molecular flexibility index (Phi) is 2.97. The average molecular weight is 234 g/mol. The van der Waals surface area contributed by atoms with Crippen LogP contribution in [0.2, 0.25) is 0 Å².